The molecule has 23 heavy (non-hydrogen) atoms. The first-order valence-electron chi connectivity index (χ1n) is 6.87. The predicted molar refractivity (Wildman–Crippen MR) is 93.3 cm³/mol. The molecule has 1 N–H and O–H groups in total. The number of hydrogen-bond donors (Lipinski definition) is 1. The van der Waals surface area contributed by atoms with Crippen molar-refractivity contribution >= 4 is 40.9 Å². The van der Waals surface area contributed by atoms with Gasteiger partial charge in [0.25, 0.3) is 5.91 Å². The smallest absolute Gasteiger partial charge is 0.338 e. The third-order valence-electron chi connectivity index (χ3n) is 3.12. The standard InChI is InChI=1S/C17H16ClNO3S/c1-11-3-6-13(9-15(11)18)19-16(20)10-22-17(21)12-4-7-14(23-2)8-5-12/h3-9H,10H2,1-2H3,(H,19,20). The van der Waals surface area contributed by atoms with Gasteiger partial charge in [-0.1, -0.05) is 17.7 Å². The van der Waals surface area contributed by atoms with Crippen molar-refractivity contribution in [2.45, 2.75) is 11.8 Å². The van der Waals surface area contributed by atoms with Gasteiger partial charge in [-0.25, -0.2) is 4.79 Å². The molecule has 0 spiro atoms. The fourth-order valence-corrected chi connectivity index (χ4v) is 2.40. The van der Waals surface area contributed by atoms with Crippen molar-refractivity contribution in [1.29, 1.82) is 0 Å². The Kier molecular flexibility index (Phi) is 6.07. The van der Waals surface area contributed by atoms with E-state index in [0.717, 1.165) is 10.5 Å². The van der Waals surface area contributed by atoms with Gasteiger partial charge in [-0.2, -0.15) is 0 Å². The second-order valence-corrected chi connectivity index (χ2v) is 6.10. The van der Waals surface area contributed by atoms with Gasteiger partial charge in [0, 0.05) is 15.6 Å². The average Bonchev–Trinajstić information content (AvgIpc) is 2.56. The van der Waals surface area contributed by atoms with E-state index >= 15 is 0 Å². The van der Waals surface area contributed by atoms with Crippen LogP contribution in [0.5, 0.6) is 0 Å². The van der Waals surface area contributed by atoms with Gasteiger partial charge < -0.3 is 10.1 Å². The molecule has 0 saturated heterocycles. The van der Waals surface area contributed by atoms with Crippen molar-refractivity contribution in [3.8, 4) is 0 Å². The van der Waals surface area contributed by atoms with E-state index in [0.29, 0.717) is 16.3 Å². The zero-order chi connectivity index (χ0) is 16.8. The molecule has 2 aromatic carbocycles. The maximum atomic E-state index is 11.9. The zero-order valence-electron chi connectivity index (χ0n) is 12.8. The Balaban J connectivity index is 1.87. The van der Waals surface area contributed by atoms with Crippen LogP contribution in [0.4, 0.5) is 5.69 Å². The number of thioether (sulfide) groups is 1. The molecule has 2 aromatic rings. The van der Waals surface area contributed by atoms with Crippen LogP contribution >= 0.6 is 23.4 Å². The van der Waals surface area contributed by atoms with Gasteiger partial charge in [-0.3, -0.25) is 4.79 Å². The highest BCUT2D eigenvalue weighted by Crippen LogP contribution is 2.20. The Morgan fingerprint density at radius 1 is 1.17 bits per heavy atom. The number of carbonyl (C=O) groups excluding carboxylic acids is 2. The highest BCUT2D eigenvalue weighted by atomic mass is 35.5. The Bertz CT molecular complexity index is 716. The van der Waals surface area contributed by atoms with Gasteiger partial charge in [-0.05, 0) is 55.1 Å². The van der Waals surface area contributed by atoms with E-state index in [-0.39, 0.29) is 6.61 Å². The van der Waals surface area contributed by atoms with E-state index in [1.165, 1.54) is 0 Å². The first-order chi connectivity index (χ1) is 11.0. The summed E-state index contributed by atoms with van der Waals surface area (Å²) in [5.41, 5.74) is 1.89. The molecular formula is C17H16ClNO3S. The molecule has 2 rings (SSSR count). The van der Waals surface area contributed by atoms with Crippen molar-refractivity contribution in [2.24, 2.45) is 0 Å². The normalized spacial score (nSPS) is 10.2. The number of amides is 1. The van der Waals surface area contributed by atoms with Gasteiger partial charge in [-0.15, -0.1) is 11.8 Å². The van der Waals surface area contributed by atoms with Crippen LogP contribution in [-0.4, -0.2) is 24.7 Å². The van der Waals surface area contributed by atoms with E-state index in [2.05, 4.69) is 5.32 Å². The van der Waals surface area contributed by atoms with E-state index in [1.807, 2.05) is 25.3 Å². The van der Waals surface area contributed by atoms with Crippen LogP contribution in [0.25, 0.3) is 0 Å². The molecule has 0 radical (unpaired) electrons. The number of esters is 1. The van der Waals surface area contributed by atoms with E-state index in [1.54, 1.807) is 42.1 Å². The average molecular weight is 350 g/mol. The first-order valence-corrected chi connectivity index (χ1v) is 8.47. The van der Waals surface area contributed by atoms with Gasteiger partial charge in [0.1, 0.15) is 0 Å². The van der Waals surface area contributed by atoms with Crippen molar-refractivity contribution in [2.75, 3.05) is 18.2 Å². The summed E-state index contributed by atoms with van der Waals surface area (Å²) in [4.78, 5) is 24.7. The molecule has 0 fully saturated rings. The van der Waals surface area contributed by atoms with Crippen molar-refractivity contribution in [3.63, 3.8) is 0 Å². The number of carbonyl (C=O) groups is 2. The lowest BCUT2D eigenvalue weighted by Crippen LogP contribution is -2.20. The largest absolute Gasteiger partial charge is 0.452 e. The van der Waals surface area contributed by atoms with Crippen molar-refractivity contribution in [1.82, 2.24) is 0 Å². The molecule has 0 aromatic heterocycles. The Morgan fingerprint density at radius 3 is 2.48 bits per heavy atom. The third kappa shape index (κ3) is 5.01. The minimum atomic E-state index is -0.533. The molecule has 0 saturated carbocycles. The second kappa shape index (κ2) is 8.04. The maximum absolute atomic E-state index is 11.9. The van der Waals surface area contributed by atoms with Crippen LogP contribution in [0.2, 0.25) is 5.02 Å². The van der Waals surface area contributed by atoms with Crippen molar-refractivity contribution in [3.05, 3.63) is 58.6 Å². The number of benzene rings is 2. The molecule has 120 valence electrons. The summed E-state index contributed by atoms with van der Waals surface area (Å²) in [7, 11) is 0. The number of halogens is 1. The molecule has 1 amide bonds. The first kappa shape index (κ1) is 17.4. The van der Waals surface area contributed by atoms with Crippen LogP contribution in [0.1, 0.15) is 15.9 Å². The summed E-state index contributed by atoms with van der Waals surface area (Å²) in [5, 5.41) is 3.19. The monoisotopic (exact) mass is 349 g/mol. The predicted octanol–water partition coefficient (Wildman–Crippen LogP) is 4.17. The summed E-state index contributed by atoms with van der Waals surface area (Å²) in [5.74, 6) is -0.950. The SMILES string of the molecule is CSc1ccc(C(=O)OCC(=O)Nc2ccc(C)c(Cl)c2)cc1. The van der Waals surface area contributed by atoms with Crippen LogP contribution in [-0.2, 0) is 9.53 Å². The Labute approximate surface area is 144 Å². The molecular weight excluding hydrogens is 334 g/mol. The van der Waals surface area contributed by atoms with Crippen LogP contribution < -0.4 is 5.32 Å². The van der Waals surface area contributed by atoms with Gasteiger partial charge in [0.2, 0.25) is 0 Å². The molecule has 4 nitrogen and oxygen atoms in total. The minimum absolute atomic E-state index is 0.353. The number of hydrogen-bond acceptors (Lipinski definition) is 4. The quantitative estimate of drug-likeness (QED) is 0.650. The van der Waals surface area contributed by atoms with Crippen molar-refractivity contribution < 1.29 is 14.3 Å². The molecule has 6 heteroatoms. The lowest BCUT2D eigenvalue weighted by Gasteiger charge is -2.08. The van der Waals surface area contributed by atoms with Crippen LogP contribution in [0.15, 0.2) is 47.4 Å². The number of anilines is 1. The number of rotatable bonds is 5. The molecule has 0 unspecified atom stereocenters. The van der Waals surface area contributed by atoms with Crippen LogP contribution in [0.3, 0.4) is 0 Å². The highest BCUT2D eigenvalue weighted by molar-refractivity contribution is 7.98. The summed E-state index contributed by atoms with van der Waals surface area (Å²) >= 11 is 7.57. The summed E-state index contributed by atoms with van der Waals surface area (Å²) in [6.45, 7) is 1.52. The van der Waals surface area contributed by atoms with E-state index in [4.69, 9.17) is 16.3 Å². The van der Waals surface area contributed by atoms with Gasteiger partial charge in [0.15, 0.2) is 6.61 Å². The number of aryl methyl sites for hydroxylation is 1. The minimum Gasteiger partial charge on any atom is -0.452 e. The summed E-state index contributed by atoms with van der Waals surface area (Å²) < 4.78 is 5.00. The second-order valence-electron chi connectivity index (χ2n) is 4.82. The van der Waals surface area contributed by atoms with E-state index < -0.39 is 11.9 Å². The molecule has 0 aliphatic carbocycles. The molecule has 0 atom stereocenters. The highest BCUT2D eigenvalue weighted by Gasteiger charge is 2.10. The third-order valence-corrected chi connectivity index (χ3v) is 4.27. The fraction of sp³-hybridized carbons (Fsp3) is 0.176. The van der Waals surface area contributed by atoms with Gasteiger partial charge in [0.05, 0.1) is 5.56 Å². The van der Waals surface area contributed by atoms with E-state index in [9.17, 15) is 9.59 Å². The molecule has 0 heterocycles. The molecule has 0 bridgehead atoms. The summed E-state index contributed by atoms with van der Waals surface area (Å²) in [6, 6.07) is 12.2. The summed E-state index contributed by atoms with van der Waals surface area (Å²) in [6.07, 6.45) is 1.95. The lowest BCUT2D eigenvalue weighted by molar-refractivity contribution is -0.119. The Hall–Kier alpha value is -1.98. The maximum Gasteiger partial charge on any atom is 0.338 e. The topological polar surface area (TPSA) is 55.4 Å². The Morgan fingerprint density at radius 2 is 1.87 bits per heavy atom. The zero-order valence-corrected chi connectivity index (χ0v) is 14.3. The van der Waals surface area contributed by atoms with Gasteiger partial charge >= 0.3 is 5.97 Å². The molecule has 0 aliphatic rings. The van der Waals surface area contributed by atoms with Crippen LogP contribution in [0, 0.1) is 6.92 Å². The molecule has 0 aliphatic heterocycles. The lowest BCUT2D eigenvalue weighted by atomic mass is 10.2. The fourth-order valence-electron chi connectivity index (χ4n) is 1.81. The number of nitrogens with one attached hydrogen (secondary N) is 1. The number of ether oxygens (including phenoxy) is 1.